The molecule has 0 N–H and O–H groups in total. The Balaban J connectivity index is 2.02. The van der Waals surface area contributed by atoms with E-state index in [0.717, 1.165) is 0 Å². The predicted molar refractivity (Wildman–Crippen MR) is 75.7 cm³/mol. The number of ether oxygens (including phenoxy) is 1. The van der Waals surface area contributed by atoms with Crippen molar-refractivity contribution in [1.82, 2.24) is 4.98 Å². The molecule has 1 unspecified atom stereocenters. The Morgan fingerprint density at radius 2 is 2.20 bits per heavy atom. The van der Waals surface area contributed by atoms with E-state index in [1.165, 1.54) is 6.20 Å². The smallest absolute Gasteiger partial charge is 0.164 e. The molecule has 1 aliphatic rings. The zero-order chi connectivity index (χ0) is 14.8. The summed E-state index contributed by atoms with van der Waals surface area (Å²) in [5.74, 6) is 0.731. The molecule has 5 nitrogen and oxygen atoms in total. The molecule has 1 atom stereocenters. The highest BCUT2D eigenvalue weighted by atomic mass is 32.2. The minimum atomic E-state index is -2.94. The van der Waals surface area contributed by atoms with Crippen molar-refractivity contribution in [2.75, 3.05) is 11.5 Å². The molecular weight excluding hydrogens is 278 g/mol. The summed E-state index contributed by atoms with van der Waals surface area (Å²) in [7, 11) is -2.94. The van der Waals surface area contributed by atoms with Crippen LogP contribution in [0.5, 0.6) is 5.75 Å². The molecule has 20 heavy (non-hydrogen) atoms. The number of pyridine rings is 1. The summed E-state index contributed by atoms with van der Waals surface area (Å²) in [5, 5.41) is 0. The lowest BCUT2D eigenvalue weighted by Gasteiger charge is -2.11. The van der Waals surface area contributed by atoms with E-state index in [9.17, 15) is 13.2 Å². The van der Waals surface area contributed by atoms with Crippen molar-refractivity contribution in [2.45, 2.75) is 32.8 Å². The van der Waals surface area contributed by atoms with E-state index in [0.29, 0.717) is 17.7 Å². The van der Waals surface area contributed by atoms with Crippen LogP contribution in [0.15, 0.2) is 18.5 Å². The van der Waals surface area contributed by atoms with E-state index in [4.69, 9.17) is 4.74 Å². The minimum absolute atomic E-state index is 0.0159. The first-order valence-electron chi connectivity index (χ1n) is 6.71. The number of nitrogens with zero attached hydrogens (tertiary/aromatic N) is 1. The van der Waals surface area contributed by atoms with Gasteiger partial charge < -0.3 is 4.74 Å². The Bertz CT molecular complexity index is 595. The lowest BCUT2D eigenvalue weighted by Crippen LogP contribution is -2.12. The quantitative estimate of drug-likeness (QED) is 0.776. The summed E-state index contributed by atoms with van der Waals surface area (Å²) in [4.78, 5) is 16.2. The van der Waals surface area contributed by atoms with Gasteiger partial charge in [-0.2, -0.15) is 0 Å². The van der Waals surface area contributed by atoms with Crippen LogP contribution in [0.25, 0.3) is 0 Å². The molecule has 0 radical (unpaired) electrons. The van der Waals surface area contributed by atoms with Gasteiger partial charge in [0.2, 0.25) is 0 Å². The van der Waals surface area contributed by atoms with Crippen molar-refractivity contribution in [2.24, 2.45) is 5.92 Å². The van der Waals surface area contributed by atoms with Crippen molar-refractivity contribution < 1.29 is 17.9 Å². The highest BCUT2D eigenvalue weighted by Crippen LogP contribution is 2.24. The molecule has 0 aromatic carbocycles. The lowest BCUT2D eigenvalue weighted by atomic mass is 9.99. The molecule has 0 amide bonds. The summed E-state index contributed by atoms with van der Waals surface area (Å²) in [6.07, 6.45) is 3.91. The second kappa shape index (κ2) is 5.91. The number of aromatic nitrogens is 1. The maximum Gasteiger partial charge on any atom is 0.164 e. The van der Waals surface area contributed by atoms with E-state index >= 15 is 0 Å². The molecule has 110 valence electrons. The van der Waals surface area contributed by atoms with Crippen LogP contribution in [-0.2, 0) is 9.84 Å². The number of carbonyl (C=O) groups is 1. The maximum atomic E-state index is 12.2. The molecule has 1 fully saturated rings. The van der Waals surface area contributed by atoms with Gasteiger partial charge in [0.05, 0.1) is 23.8 Å². The van der Waals surface area contributed by atoms with Crippen molar-refractivity contribution in [1.29, 1.82) is 0 Å². The molecule has 0 saturated carbocycles. The van der Waals surface area contributed by atoms with E-state index in [2.05, 4.69) is 4.98 Å². The third-order valence-corrected chi connectivity index (χ3v) is 5.04. The Morgan fingerprint density at radius 3 is 2.80 bits per heavy atom. The molecule has 2 heterocycles. The molecule has 0 bridgehead atoms. The van der Waals surface area contributed by atoms with Crippen LogP contribution < -0.4 is 4.74 Å². The summed E-state index contributed by atoms with van der Waals surface area (Å²) >= 11 is 0. The molecule has 1 aliphatic heterocycles. The fraction of sp³-hybridized carbons (Fsp3) is 0.571. The first-order chi connectivity index (χ1) is 9.35. The molecule has 6 heteroatoms. The number of hydrogen-bond donors (Lipinski definition) is 0. The van der Waals surface area contributed by atoms with Gasteiger partial charge in [-0.3, -0.25) is 9.78 Å². The summed E-state index contributed by atoms with van der Waals surface area (Å²) in [6.45, 7) is 3.80. The molecule has 0 aliphatic carbocycles. The fourth-order valence-electron chi connectivity index (χ4n) is 2.32. The van der Waals surface area contributed by atoms with Gasteiger partial charge in [0.25, 0.3) is 0 Å². The second-order valence-electron chi connectivity index (χ2n) is 5.47. The Hall–Kier alpha value is -1.43. The maximum absolute atomic E-state index is 12.2. The number of ketones is 1. The van der Waals surface area contributed by atoms with E-state index < -0.39 is 9.84 Å². The van der Waals surface area contributed by atoms with E-state index in [-0.39, 0.29) is 35.7 Å². The Labute approximate surface area is 119 Å². The highest BCUT2D eigenvalue weighted by molar-refractivity contribution is 7.91. The lowest BCUT2D eigenvalue weighted by molar-refractivity contribution is 0.0964. The molecule has 2 rings (SSSR count). The van der Waals surface area contributed by atoms with Crippen molar-refractivity contribution in [3.8, 4) is 5.75 Å². The van der Waals surface area contributed by atoms with Crippen LogP contribution in [0, 0.1) is 5.92 Å². The Morgan fingerprint density at radius 1 is 1.45 bits per heavy atom. The molecule has 1 aromatic heterocycles. The van der Waals surface area contributed by atoms with Gasteiger partial charge in [-0.15, -0.1) is 0 Å². The first-order valence-corrected chi connectivity index (χ1v) is 8.53. The number of carbonyl (C=O) groups excluding carboxylic acids is 1. The zero-order valence-electron chi connectivity index (χ0n) is 11.7. The topological polar surface area (TPSA) is 73.3 Å². The van der Waals surface area contributed by atoms with Gasteiger partial charge in [0, 0.05) is 18.2 Å². The number of hydrogen-bond acceptors (Lipinski definition) is 5. The monoisotopic (exact) mass is 297 g/mol. The predicted octanol–water partition coefficient (Wildman–Crippen LogP) is 1.88. The third kappa shape index (κ3) is 4.03. The van der Waals surface area contributed by atoms with Gasteiger partial charge in [-0.1, -0.05) is 0 Å². The largest absolute Gasteiger partial charge is 0.489 e. The third-order valence-electron chi connectivity index (χ3n) is 3.21. The average Bonchev–Trinajstić information content (AvgIpc) is 2.68. The van der Waals surface area contributed by atoms with Crippen molar-refractivity contribution >= 4 is 15.6 Å². The summed E-state index contributed by atoms with van der Waals surface area (Å²) in [5.41, 5.74) is 0.479. The van der Waals surface area contributed by atoms with Crippen LogP contribution in [0.1, 0.15) is 37.0 Å². The van der Waals surface area contributed by atoms with E-state index in [1.807, 2.05) is 13.8 Å². The summed E-state index contributed by atoms with van der Waals surface area (Å²) < 4.78 is 28.3. The SMILES string of the molecule is CC(C)Oc1cncc(C(=O)CC2CCS(=O)(=O)C2)c1. The fourth-order valence-corrected chi connectivity index (χ4v) is 4.18. The Kier molecular flexibility index (Phi) is 4.42. The number of sulfone groups is 1. The van der Waals surface area contributed by atoms with Crippen LogP contribution in [-0.4, -0.2) is 36.8 Å². The van der Waals surface area contributed by atoms with Gasteiger partial charge >= 0.3 is 0 Å². The van der Waals surface area contributed by atoms with Crippen LogP contribution in [0.4, 0.5) is 0 Å². The van der Waals surface area contributed by atoms with Crippen LogP contribution in [0.3, 0.4) is 0 Å². The first kappa shape index (κ1) is 15.0. The molecule has 0 spiro atoms. The standard InChI is InChI=1S/C14H19NO4S/c1-10(2)19-13-6-12(7-15-8-13)14(16)5-11-3-4-20(17,18)9-11/h6-8,10-11H,3-5,9H2,1-2H3. The van der Waals surface area contributed by atoms with Crippen molar-refractivity contribution in [3.05, 3.63) is 24.0 Å². The number of Topliss-reactive ketones (excluding diaryl/α,β-unsaturated/α-hetero) is 1. The molecule has 1 saturated heterocycles. The summed E-state index contributed by atoms with van der Waals surface area (Å²) in [6, 6.07) is 1.67. The van der Waals surface area contributed by atoms with Crippen LogP contribution >= 0.6 is 0 Å². The minimum Gasteiger partial charge on any atom is -0.489 e. The molecule has 1 aromatic rings. The average molecular weight is 297 g/mol. The molecular formula is C14H19NO4S. The van der Waals surface area contributed by atoms with Crippen LogP contribution in [0.2, 0.25) is 0 Å². The van der Waals surface area contributed by atoms with Gasteiger partial charge in [-0.05, 0) is 32.3 Å². The number of rotatable bonds is 5. The normalized spacial score (nSPS) is 21.1. The highest BCUT2D eigenvalue weighted by Gasteiger charge is 2.29. The second-order valence-corrected chi connectivity index (χ2v) is 7.70. The van der Waals surface area contributed by atoms with Gasteiger partial charge in [-0.25, -0.2) is 8.42 Å². The van der Waals surface area contributed by atoms with Gasteiger partial charge in [0.1, 0.15) is 5.75 Å². The van der Waals surface area contributed by atoms with Gasteiger partial charge in [0.15, 0.2) is 15.6 Å². The van der Waals surface area contributed by atoms with Crippen molar-refractivity contribution in [3.63, 3.8) is 0 Å². The zero-order valence-corrected chi connectivity index (χ0v) is 12.5. The van der Waals surface area contributed by atoms with E-state index in [1.54, 1.807) is 12.3 Å².